The van der Waals surface area contributed by atoms with Gasteiger partial charge >= 0.3 is 5.97 Å². The number of carboxylic acids is 1. The summed E-state index contributed by atoms with van der Waals surface area (Å²) in [5.74, 6) is -0.987. The summed E-state index contributed by atoms with van der Waals surface area (Å²) in [5, 5.41) is 12.4. The maximum atomic E-state index is 10.8. The van der Waals surface area contributed by atoms with E-state index in [2.05, 4.69) is 5.32 Å². The molecule has 0 aliphatic rings. The summed E-state index contributed by atoms with van der Waals surface area (Å²) in [6.07, 6.45) is 0. The molecule has 3 nitrogen and oxygen atoms in total. The molecule has 0 aliphatic heterocycles. The summed E-state index contributed by atoms with van der Waals surface area (Å²) in [6.45, 7) is 1.99. The number of carboxylic acid groups (broad SMARTS) is 1. The van der Waals surface area contributed by atoms with Crippen molar-refractivity contribution >= 4 is 28.9 Å². The van der Waals surface area contributed by atoms with Crippen LogP contribution in [0.5, 0.6) is 0 Å². The second-order valence-electron chi connectivity index (χ2n) is 3.94. The van der Waals surface area contributed by atoms with Crippen molar-refractivity contribution in [3.05, 3.63) is 58.6 Å². The van der Waals surface area contributed by atoms with Crippen molar-refractivity contribution in [2.45, 2.75) is 6.92 Å². The minimum atomic E-state index is -0.987. The van der Waals surface area contributed by atoms with E-state index >= 15 is 0 Å². The molecule has 4 heteroatoms. The van der Waals surface area contributed by atoms with Crippen LogP contribution in [0.2, 0.25) is 5.02 Å². The Kier molecular flexibility index (Phi) is 3.53. The lowest BCUT2D eigenvalue weighted by Crippen LogP contribution is -1.98. The number of aryl methyl sites for hydroxylation is 1. The van der Waals surface area contributed by atoms with E-state index in [-0.39, 0.29) is 5.56 Å². The first-order valence-electron chi connectivity index (χ1n) is 5.43. The predicted molar refractivity (Wildman–Crippen MR) is 72.9 cm³/mol. The zero-order valence-corrected chi connectivity index (χ0v) is 10.5. The lowest BCUT2D eigenvalue weighted by Gasteiger charge is -2.11. The Labute approximate surface area is 110 Å². The van der Waals surface area contributed by atoms with Gasteiger partial charge in [0.1, 0.15) is 0 Å². The third kappa shape index (κ3) is 2.63. The Morgan fingerprint density at radius 3 is 2.50 bits per heavy atom. The van der Waals surface area contributed by atoms with Crippen LogP contribution in [-0.2, 0) is 0 Å². The molecule has 0 bridgehead atoms. The normalized spacial score (nSPS) is 10.1. The molecule has 0 aliphatic carbocycles. The third-order valence-corrected chi connectivity index (χ3v) is 2.94. The molecule has 2 aromatic rings. The highest BCUT2D eigenvalue weighted by Crippen LogP contribution is 2.27. The Hall–Kier alpha value is -2.00. The van der Waals surface area contributed by atoms with Crippen LogP contribution in [-0.4, -0.2) is 11.1 Å². The summed E-state index contributed by atoms with van der Waals surface area (Å²) in [5.41, 5.74) is 2.91. The molecule has 0 atom stereocenters. The first-order chi connectivity index (χ1) is 8.58. The van der Waals surface area contributed by atoms with Crippen LogP contribution in [0.4, 0.5) is 11.4 Å². The van der Waals surface area contributed by atoms with Crippen molar-refractivity contribution in [3.63, 3.8) is 0 Å². The van der Waals surface area contributed by atoms with E-state index in [1.165, 1.54) is 12.1 Å². The topological polar surface area (TPSA) is 49.3 Å². The van der Waals surface area contributed by atoms with Crippen molar-refractivity contribution in [1.29, 1.82) is 0 Å². The summed E-state index contributed by atoms with van der Waals surface area (Å²) in [6, 6.07) is 12.4. The highest BCUT2D eigenvalue weighted by atomic mass is 35.5. The zero-order valence-electron chi connectivity index (χ0n) is 9.77. The van der Waals surface area contributed by atoms with Crippen LogP contribution in [0, 0.1) is 6.92 Å². The van der Waals surface area contributed by atoms with Crippen LogP contribution >= 0.6 is 11.6 Å². The van der Waals surface area contributed by atoms with Gasteiger partial charge in [-0.2, -0.15) is 0 Å². The van der Waals surface area contributed by atoms with Gasteiger partial charge in [-0.25, -0.2) is 4.79 Å². The van der Waals surface area contributed by atoms with Gasteiger partial charge in [-0.15, -0.1) is 0 Å². The average molecular weight is 262 g/mol. The van der Waals surface area contributed by atoms with E-state index < -0.39 is 5.97 Å². The number of nitrogens with one attached hydrogen (secondary N) is 1. The fourth-order valence-electron chi connectivity index (χ4n) is 1.61. The Morgan fingerprint density at radius 1 is 1.17 bits per heavy atom. The monoisotopic (exact) mass is 261 g/mol. The molecule has 2 rings (SSSR count). The molecule has 0 radical (unpaired) electrons. The van der Waals surface area contributed by atoms with Gasteiger partial charge in [-0.05, 0) is 36.8 Å². The molecule has 2 aromatic carbocycles. The summed E-state index contributed by atoms with van der Waals surface area (Å²) in [7, 11) is 0. The van der Waals surface area contributed by atoms with Gasteiger partial charge in [0.2, 0.25) is 0 Å². The molecule has 0 aromatic heterocycles. The molecule has 0 unspecified atom stereocenters. The van der Waals surface area contributed by atoms with Crippen LogP contribution < -0.4 is 5.32 Å². The summed E-state index contributed by atoms with van der Waals surface area (Å²) < 4.78 is 0. The van der Waals surface area contributed by atoms with Gasteiger partial charge in [0.25, 0.3) is 0 Å². The Bertz CT molecular complexity index is 596. The molecule has 0 amide bonds. The fourth-order valence-corrected chi connectivity index (χ4v) is 1.84. The van der Waals surface area contributed by atoms with Gasteiger partial charge in [-0.3, -0.25) is 0 Å². The number of rotatable bonds is 3. The van der Waals surface area contributed by atoms with Gasteiger partial charge in [-0.1, -0.05) is 29.8 Å². The predicted octanol–water partition coefficient (Wildman–Crippen LogP) is 4.09. The van der Waals surface area contributed by atoms with Gasteiger partial charge in [0.05, 0.1) is 16.3 Å². The smallest absolute Gasteiger partial charge is 0.335 e. The fraction of sp³-hybridized carbons (Fsp3) is 0.0714. The highest BCUT2D eigenvalue weighted by Gasteiger charge is 2.07. The molecule has 0 spiro atoms. The number of hydrogen-bond donors (Lipinski definition) is 2. The molecule has 18 heavy (non-hydrogen) atoms. The first kappa shape index (κ1) is 12.5. The van der Waals surface area contributed by atoms with Crippen molar-refractivity contribution in [2.24, 2.45) is 0 Å². The highest BCUT2D eigenvalue weighted by molar-refractivity contribution is 6.33. The second-order valence-corrected chi connectivity index (χ2v) is 4.35. The van der Waals surface area contributed by atoms with Gasteiger partial charge in [0, 0.05) is 5.69 Å². The van der Waals surface area contributed by atoms with E-state index in [4.69, 9.17) is 16.7 Å². The van der Waals surface area contributed by atoms with E-state index in [0.717, 1.165) is 11.3 Å². The van der Waals surface area contributed by atoms with E-state index in [1.807, 2.05) is 31.2 Å². The Balaban J connectivity index is 2.30. The molecule has 2 N–H and O–H groups in total. The average Bonchev–Trinajstić information content (AvgIpc) is 2.34. The second kappa shape index (κ2) is 5.10. The van der Waals surface area contributed by atoms with Gasteiger partial charge < -0.3 is 10.4 Å². The SMILES string of the molecule is Cc1ccccc1Nc1ccc(C(=O)O)cc1Cl. The molecule has 0 saturated carbocycles. The number of para-hydroxylation sites is 1. The van der Waals surface area contributed by atoms with Crippen LogP contribution in [0.3, 0.4) is 0 Å². The van der Waals surface area contributed by atoms with E-state index in [0.29, 0.717) is 10.7 Å². The number of halogens is 1. The molecular formula is C14H12ClNO2. The van der Waals surface area contributed by atoms with Crippen molar-refractivity contribution in [3.8, 4) is 0 Å². The number of hydrogen-bond acceptors (Lipinski definition) is 2. The van der Waals surface area contributed by atoms with Crippen LogP contribution in [0.25, 0.3) is 0 Å². The summed E-state index contributed by atoms with van der Waals surface area (Å²) >= 11 is 6.05. The maximum Gasteiger partial charge on any atom is 0.335 e. The number of benzene rings is 2. The van der Waals surface area contributed by atoms with Crippen LogP contribution in [0.1, 0.15) is 15.9 Å². The van der Waals surface area contributed by atoms with Crippen molar-refractivity contribution < 1.29 is 9.90 Å². The standard InChI is InChI=1S/C14H12ClNO2/c1-9-4-2-3-5-12(9)16-13-7-6-10(14(17)18)8-11(13)15/h2-8,16H,1H3,(H,17,18). The quantitative estimate of drug-likeness (QED) is 0.875. The minimum absolute atomic E-state index is 0.176. The molecule has 92 valence electrons. The molecular weight excluding hydrogens is 250 g/mol. The molecule has 0 saturated heterocycles. The maximum absolute atomic E-state index is 10.8. The van der Waals surface area contributed by atoms with Gasteiger partial charge in [0.15, 0.2) is 0 Å². The largest absolute Gasteiger partial charge is 0.478 e. The van der Waals surface area contributed by atoms with Crippen molar-refractivity contribution in [1.82, 2.24) is 0 Å². The molecule has 0 heterocycles. The lowest BCUT2D eigenvalue weighted by molar-refractivity contribution is 0.0697. The first-order valence-corrected chi connectivity index (χ1v) is 5.81. The number of aromatic carboxylic acids is 1. The van der Waals surface area contributed by atoms with Crippen LogP contribution in [0.15, 0.2) is 42.5 Å². The Morgan fingerprint density at radius 2 is 1.89 bits per heavy atom. The number of carbonyl (C=O) groups is 1. The molecule has 0 fully saturated rings. The lowest BCUT2D eigenvalue weighted by atomic mass is 10.1. The minimum Gasteiger partial charge on any atom is -0.478 e. The zero-order chi connectivity index (χ0) is 13.1. The third-order valence-electron chi connectivity index (χ3n) is 2.63. The van der Waals surface area contributed by atoms with E-state index in [1.54, 1.807) is 6.07 Å². The number of anilines is 2. The van der Waals surface area contributed by atoms with E-state index in [9.17, 15) is 4.79 Å². The summed E-state index contributed by atoms with van der Waals surface area (Å²) in [4.78, 5) is 10.8. The van der Waals surface area contributed by atoms with Crippen molar-refractivity contribution in [2.75, 3.05) is 5.32 Å².